The van der Waals surface area contributed by atoms with Gasteiger partial charge in [-0.1, -0.05) is 18.2 Å². The molecule has 1 aromatic carbocycles. The first-order valence-corrected chi connectivity index (χ1v) is 8.37. The highest BCUT2D eigenvalue weighted by atomic mass is 15.2. The minimum Gasteiger partial charge on any atom is -0.367 e. The van der Waals surface area contributed by atoms with E-state index in [2.05, 4.69) is 60.1 Å². The van der Waals surface area contributed by atoms with Crippen LogP contribution in [0.5, 0.6) is 0 Å². The van der Waals surface area contributed by atoms with Gasteiger partial charge in [0.05, 0.1) is 0 Å². The summed E-state index contributed by atoms with van der Waals surface area (Å²) < 4.78 is 0. The monoisotopic (exact) mass is 287 g/mol. The van der Waals surface area contributed by atoms with Crippen LogP contribution in [0.1, 0.15) is 37.3 Å². The van der Waals surface area contributed by atoms with Crippen LogP contribution in [-0.2, 0) is 0 Å². The molecule has 0 N–H and O–H groups in total. The predicted molar refractivity (Wildman–Crippen MR) is 90.0 cm³/mol. The first-order valence-electron chi connectivity index (χ1n) is 8.37. The van der Waals surface area contributed by atoms with Crippen LogP contribution in [-0.4, -0.2) is 56.6 Å². The summed E-state index contributed by atoms with van der Waals surface area (Å²) in [5.74, 6) is 0. The van der Waals surface area contributed by atoms with E-state index < -0.39 is 0 Å². The van der Waals surface area contributed by atoms with E-state index in [9.17, 15) is 0 Å². The number of benzene rings is 1. The zero-order valence-corrected chi connectivity index (χ0v) is 13.8. The van der Waals surface area contributed by atoms with Crippen LogP contribution in [0, 0.1) is 0 Å². The second-order valence-electron chi connectivity index (χ2n) is 6.95. The van der Waals surface area contributed by atoms with Crippen LogP contribution < -0.4 is 4.90 Å². The van der Waals surface area contributed by atoms with E-state index in [1.54, 1.807) is 5.56 Å². The summed E-state index contributed by atoms with van der Waals surface area (Å²) in [5, 5.41) is 0. The van der Waals surface area contributed by atoms with E-state index in [0.717, 1.165) is 6.54 Å². The van der Waals surface area contributed by atoms with Gasteiger partial charge in [0.15, 0.2) is 0 Å². The van der Waals surface area contributed by atoms with E-state index in [4.69, 9.17) is 0 Å². The highest BCUT2D eigenvalue weighted by Crippen LogP contribution is 2.38. The molecule has 3 nitrogen and oxygen atoms in total. The van der Waals surface area contributed by atoms with Crippen molar-refractivity contribution >= 4 is 5.69 Å². The third-order valence-electron chi connectivity index (χ3n) is 5.08. The molecule has 1 aromatic rings. The lowest BCUT2D eigenvalue weighted by Gasteiger charge is -2.33. The van der Waals surface area contributed by atoms with Crippen LogP contribution in [0.15, 0.2) is 24.3 Å². The van der Waals surface area contributed by atoms with Gasteiger partial charge in [0.1, 0.15) is 0 Å². The number of hydrogen-bond donors (Lipinski definition) is 0. The first-order chi connectivity index (χ1) is 10.2. The minimum atomic E-state index is 0.613. The molecule has 2 fully saturated rings. The Labute approximate surface area is 129 Å². The number of likely N-dealkylation sites (N-methyl/N-ethyl adjacent to an activating group) is 1. The molecule has 116 valence electrons. The molecular formula is C18H29N3. The second kappa shape index (κ2) is 6.37. The predicted octanol–water partition coefficient (Wildman–Crippen LogP) is 2.98. The zero-order chi connectivity index (χ0) is 14.8. The van der Waals surface area contributed by atoms with Crippen molar-refractivity contribution in [3.05, 3.63) is 29.8 Å². The minimum absolute atomic E-state index is 0.613. The molecule has 2 atom stereocenters. The summed E-state index contributed by atoms with van der Waals surface area (Å²) >= 11 is 0. The molecule has 0 aliphatic carbocycles. The van der Waals surface area contributed by atoms with Gasteiger partial charge >= 0.3 is 0 Å². The molecule has 0 aromatic heterocycles. The zero-order valence-electron chi connectivity index (χ0n) is 13.8. The van der Waals surface area contributed by atoms with Crippen molar-refractivity contribution in [1.82, 2.24) is 9.80 Å². The maximum absolute atomic E-state index is 2.67. The van der Waals surface area contributed by atoms with Crippen molar-refractivity contribution in [2.45, 2.75) is 37.8 Å². The first kappa shape index (κ1) is 14.9. The van der Waals surface area contributed by atoms with E-state index in [1.165, 1.54) is 44.5 Å². The summed E-state index contributed by atoms with van der Waals surface area (Å²) in [6.45, 7) is 3.61. The molecule has 0 radical (unpaired) electrons. The Kier molecular flexibility index (Phi) is 4.51. The molecule has 2 saturated heterocycles. The largest absolute Gasteiger partial charge is 0.367 e. The van der Waals surface area contributed by atoms with E-state index in [0.29, 0.717) is 12.1 Å². The average Bonchev–Trinajstić information content (AvgIpc) is 3.07. The third kappa shape index (κ3) is 3.09. The summed E-state index contributed by atoms with van der Waals surface area (Å²) in [4.78, 5) is 7.52. The molecule has 0 bridgehead atoms. The Bertz CT molecular complexity index is 471. The van der Waals surface area contributed by atoms with Crippen molar-refractivity contribution in [2.75, 3.05) is 45.7 Å². The van der Waals surface area contributed by atoms with Crippen LogP contribution in [0.2, 0.25) is 0 Å². The molecule has 2 aliphatic heterocycles. The highest BCUT2D eigenvalue weighted by molar-refractivity contribution is 5.56. The normalized spacial score (nSPS) is 27.0. The van der Waals surface area contributed by atoms with Gasteiger partial charge in [0.25, 0.3) is 0 Å². The van der Waals surface area contributed by atoms with E-state index in [-0.39, 0.29) is 0 Å². The lowest BCUT2D eigenvalue weighted by atomic mass is 10.0. The fraction of sp³-hybridized carbons (Fsp3) is 0.667. The molecule has 0 saturated carbocycles. The number of hydrogen-bond acceptors (Lipinski definition) is 3. The lowest BCUT2D eigenvalue weighted by Crippen LogP contribution is -2.38. The maximum Gasteiger partial charge on any atom is 0.0417 e. The van der Waals surface area contributed by atoms with Crippen molar-refractivity contribution in [3.63, 3.8) is 0 Å². The average molecular weight is 287 g/mol. The number of anilines is 1. The van der Waals surface area contributed by atoms with Gasteiger partial charge in [-0.15, -0.1) is 0 Å². The van der Waals surface area contributed by atoms with E-state index >= 15 is 0 Å². The van der Waals surface area contributed by atoms with Crippen molar-refractivity contribution in [2.24, 2.45) is 0 Å². The third-order valence-corrected chi connectivity index (χ3v) is 5.08. The SMILES string of the molecule is CN(C)CC1CCCN1c1ccccc1C1CCCN1C. The Morgan fingerprint density at radius 3 is 2.57 bits per heavy atom. The fourth-order valence-electron chi connectivity index (χ4n) is 4.10. The molecule has 21 heavy (non-hydrogen) atoms. The fourth-order valence-corrected chi connectivity index (χ4v) is 4.10. The highest BCUT2D eigenvalue weighted by Gasteiger charge is 2.30. The Morgan fingerprint density at radius 2 is 1.86 bits per heavy atom. The van der Waals surface area contributed by atoms with Crippen LogP contribution >= 0.6 is 0 Å². The van der Waals surface area contributed by atoms with Crippen molar-refractivity contribution in [1.29, 1.82) is 0 Å². The number of nitrogens with zero attached hydrogens (tertiary/aromatic N) is 3. The smallest absolute Gasteiger partial charge is 0.0417 e. The number of para-hydroxylation sites is 1. The van der Waals surface area contributed by atoms with Gasteiger partial charge in [-0.25, -0.2) is 0 Å². The number of rotatable bonds is 4. The van der Waals surface area contributed by atoms with Gasteiger partial charge in [-0.3, -0.25) is 4.90 Å². The van der Waals surface area contributed by atoms with Crippen LogP contribution in [0.25, 0.3) is 0 Å². The molecule has 3 heteroatoms. The lowest BCUT2D eigenvalue weighted by molar-refractivity contribution is 0.317. The van der Waals surface area contributed by atoms with E-state index in [1.807, 2.05) is 0 Å². The maximum atomic E-state index is 2.67. The molecule has 2 aliphatic rings. The second-order valence-corrected chi connectivity index (χ2v) is 6.95. The standard InChI is InChI=1S/C18H29N3/c1-19(2)14-15-8-6-13-21(15)18-10-5-4-9-16(18)17-11-7-12-20(17)3/h4-5,9-10,15,17H,6-8,11-14H2,1-3H3. The summed E-state index contributed by atoms with van der Waals surface area (Å²) in [6.07, 6.45) is 5.29. The molecule has 2 unspecified atom stereocenters. The molecule has 0 amide bonds. The molecular weight excluding hydrogens is 258 g/mol. The number of likely N-dealkylation sites (tertiary alicyclic amines) is 1. The van der Waals surface area contributed by atoms with Crippen molar-refractivity contribution < 1.29 is 0 Å². The summed E-state index contributed by atoms with van der Waals surface area (Å²) in [5.41, 5.74) is 3.03. The Balaban J connectivity index is 1.87. The topological polar surface area (TPSA) is 9.72 Å². The summed E-state index contributed by atoms with van der Waals surface area (Å²) in [6, 6.07) is 10.4. The van der Waals surface area contributed by atoms with Gasteiger partial charge < -0.3 is 9.80 Å². The molecule has 2 heterocycles. The van der Waals surface area contributed by atoms with Gasteiger partial charge in [-0.05, 0) is 65.0 Å². The van der Waals surface area contributed by atoms with Gasteiger partial charge in [-0.2, -0.15) is 0 Å². The van der Waals surface area contributed by atoms with Crippen LogP contribution in [0.4, 0.5) is 5.69 Å². The molecule has 0 spiro atoms. The Hall–Kier alpha value is -1.06. The van der Waals surface area contributed by atoms with Crippen molar-refractivity contribution in [3.8, 4) is 0 Å². The van der Waals surface area contributed by atoms with Gasteiger partial charge in [0, 0.05) is 30.9 Å². The van der Waals surface area contributed by atoms with Gasteiger partial charge in [0.2, 0.25) is 0 Å². The summed E-state index contributed by atoms with van der Waals surface area (Å²) in [7, 11) is 6.65. The Morgan fingerprint density at radius 1 is 1.10 bits per heavy atom. The molecule has 3 rings (SSSR count). The van der Waals surface area contributed by atoms with Crippen LogP contribution in [0.3, 0.4) is 0 Å². The quantitative estimate of drug-likeness (QED) is 0.843.